The predicted octanol–water partition coefficient (Wildman–Crippen LogP) is 1.05. The van der Waals surface area contributed by atoms with Crippen LogP contribution in [0.4, 0.5) is 0 Å². The van der Waals surface area contributed by atoms with Crippen molar-refractivity contribution in [3.05, 3.63) is 24.0 Å². The average Bonchev–Trinajstić information content (AvgIpc) is 2.75. The summed E-state index contributed by atoms with van der Waals surface area (Å²) in [6, 6.07) is 2.36. The first-order valence-electron chi connectivity index (χ1n) is 4.73. The third-order valence-corrected chi connectivity index (χ3v) is 3.06. The lowest BCUT2D eigenvalue weighted by Gasteiger charge is -2.23. The van der Waals surface area contributed by atoms with Gasteiger partial charge in [0.1, 0.15) is 0 Å². The average molecular weight is 180 g/mol. The predicted molar refractivity (Wildman–Crippen MR) is 51.3 cm³/mol. The van der Waals surface area contributed by atoms with Crippen LogP contribution in [0.3, 0.4) is 0 Å². The summed E-state index contributed by atoms with van der Waals surface area (Å²) in [4.78, 5) is 3.05. The van der Waals surface area contributed by atoms with Gasteiger partial charge in [-0.1, -0.05) is 0 Å². The number of hydrogen-bond acceptors (Lipinski definition) is 2. The lowest BCUT2D eigenvalue weighted by atomic mass is 9.92. The molecule has 13 heavy (non-hydrogen) atoms. The highest BCUT2D eigenvalue weighted by atomic mass is 16.3. The van der Waals surface area contributed by atoms with Gasteiger partial charge in [0, 0.05) is 23.9 Å². The number of aromatic nitrogens is 1. The Hall–Kier alpha value is -0.800. The number of hydrogen-bond donors (Lipinski definition) is 3. The molecule has 0 aliphatic heterocycles. The molecular formula is C10H16N2O. The first-order chi connectivity index (χ1) is 6.32. The third kappa shape index (κ3) is 1.38. The van der Waals surface area contributed by atoms with E-state index in [-0.39, 0.29) is 12.0 Å². The first-order valence-corrected chi connectivity index (χ1v) is 4.73. The summed E-state index contributed by atoms with van der Waals surface area (Å²) in [5, 5.41) is 12.6. The smallest absolute Gasteiger partial charge is 0.0505 e. The highest BCUT2D eigenvalue weighted by Gasteiger charge is 2.48. The minimum atomic E-state index is 0.108. The lowest BCUT2D eigenvalue weighted by molar-refractivity contribution is 0.175. The fraction of sp³-hybridized carbons (Fsp3) is 0.600. The topological polar surface area (TPSA) is 48.0 Å². The molecule has 1 atom stereocenters. The molecule has 1 fully saturated rings. The van der Waals surface area contributed by atoms with Crippen molar-refractivity contribution in [1.29, 1.82) is 0 Å². The molecule has 1 aromatic heterocycles. The molecule has 0 spiro atoms. The third-order valence-electron chi connectivity index (χ3n) is 3.06. The standard InChI is InChI=1S/C10H16N2O/c1-11-9(8-2-5-12-6-8)10(7-13)3-4-10/h2,5-6,9,11-13H,3-4,7H2,1H3. The summed E-state index contributed by atoms with van der Waals surface area (Å²) >= 11 is 0. The second-order valence-electron chi connectivity index (χ2n) is 3.89. The van der Waals surface area contributed by atoms with Gasteiger partial charge in [-0.15, -0.1) is 0 Å². The van der Waals surface area contributed by atoms with Crippen LogP contribution >= 0.6 is 0 Å². The summed E-state index contributed by atoms with van der Waals surface area (Å²) in [7, 11) is 1.95. The number of aliphatic hydroxyl groups is 1. The van der Waals surface area contributed by atoms with Crippen LogP contribution in [0.25, 0.3) is 0 Å². The van der Waals surface area contributed by atoms with Crippen molar-refractivity contribution in [2.75, 3.05) is 13.7 Å². The molecule has 3 heteroatoms. The quantitative estimate of drug-likeness (QED) is 0.648. The van der Waals surface area contributed by atoms with Crippen molar-refractivity contribution < 1.29 is 5.11 Å². The minimum Gasteiger partial charge on any atom is -0.396 e. The zero-order chi connectivity index (χ0) is 9.31. The minimum absolute atomic E-state index is 0.108. The maximum absolute atomic E-state index is 9.31. The van der Waals surface area contributed by atoms with E-state index in [1.165, 1.54) is 5.56 Å². The second kappa shape index (κ2) is 3.16. The van der Waals surface area contributed by atoms with E-state index in [1.807, 2.05) is 19.4 Å². The van der Waals surface area contributed by atoms with Crippen molar-refractivity contribution in [2.45, 2.75) is 18.9 Å². The number of aliphatic hydroxyl groups excluding tert-OH is 1. The first kappa shape index (κ1) is 8.78. The Morgan fingerprint density at radius 3 is 2.85 bits per heavy atom. The molecule has 0 radical (unpaired) electrons. The van der Waals surface area contributed by atoms with E-state index in [2.05, 4.69) is 16.4 Å². The monoisotopic (exact) mass is 180 g/mol. The zero-order valence-corrected chi connectivity index (χ0v) is 7.88. The van der Waals surface area contributed by atoms with Crippen LogP contribution in [0.1, 0.15) is 24.4 Å². The van der Waals surface area contributed by atoms with Gasteiger partial charge in [0.05, 0.1) is 6.61 Å². The molecular weight excluding hydrogens is 164 g/mol. The zero-order valence-electron chi connectivity index (χ0n) is 7.88. The number of rotatable bonds is 4. The van der Waals surface area contributed by atoms with Gasteiger partial charge in [0.15, 0.2) is 0 Å². The van der Waals surface area contributed by atoms with Gasteiger partial charge in [-0.2, -0.15) is 0 Å². The van der Waals surface area contributed by atoms with Gasteiger partial charge in [0.2, 0.25) is 0 Å². The fourth-order valence-electron chi connectivity index (χ4n) is 2.04. The van der Waals surface area contributed by atoms with E-state index < -0.39 is 0 Å². The van der Waals surface area contributed by atoms with E-state index in [0.29, 0.717) is 6.04 Å². The number of H-pyrrole nitrogens is 1. The summed E-state index contributed by atoms with van der Waals surface area (Å²) in [5.41, 5.74) is 1.35. The van der Waals surface area contributed by atoms with Gasteiger partial charge in [-0.25, -0.2) is 0 Å². The van der Waals surface area contributed by atoms with Crippen LogP contribution in [0.2, 0.25) is 0 Å². The second-order valence-corrected chi connectivity index (χ2v) is 3.89. The Kier molecular flexibility index (Phi) is 2.14. The molecule has 0 amide bonds. The van der Waals surface area contributed by atoms with Crippen LogP contribution in [0.5, 0.6) is 0 Å². The van der Waals surface area contributed by atoms with Crippen LogP contribution in [0.15, 0.2) is 18.5 Å². The van der Waals surface area contributed by atoms with Gasteiger partial charge in [-0.05, 0) is 31.5 Å². The summed E-state index contributed by atoms with van der Waals surface area (Å²) in [5.74, 6) is 0. The van der Waals surface area contributed by atoms with Crippen LogP contribution < -0.4 is 5.32 Å². The summed E-state index contributed by atoms with van der Waals surface area (Å²) < 4.78 is 0. The normalized spacial score (nSPS) is 21.4. The van der Waals surface area contributed by atoms with Crippen LogP contribution in [-0.4, -0.2) is 23.7 Å². The maximum Gasteiger partial charge on any atom is 0.0505 e. The van der Waals surface area contributed by atoms with Crippen molar-refractivity contribution >= 4 is 0 Å². The van der Waals surface area contributed by atoms with Gasteiger partial charge < -0.3 is 15.4 Å². The molecule has 0 aromatic carbocycles. The van der Waals surface area contributed by atoms with E-state index >= 15 is 0 Å². The molecule has 72 valence electrons. The fourth-order valence-corrected chi connectivity index (χ4v) is 2.04. The Morgan fingerprint density at radius 1 is 1.69 bits per heavy atom. The Morgan fingerprint density at radius 2 is 2.46 bits per heavy atom. The molecule has 2 rings (SSSR count). The van der Waals surface area contributed by atoms with Gasteiger partial charge in [-0.3, -0.25) is 0 Å². The molecule has 1 unspecified atom stereocenters. The highest BCUT2D eigenvalue weighted by molar-refractivity contribution is 5.21. The Bertz CT molecular complexity index is 264. The van der Waals surface area contributed by atoms with E-state index in [0.717, 1.165) is 12.8 Å². The number of aromatic amines is 1. The van der Waals surface area contributed by atoms with E-state index in [1.54, 1.807) is 0 Å². The molecule has 1 aliphatic rings. The van der Waals surface area contributed by atoms with Gasteiger partial charge in [0.25, 0.3) is 0 Å². The number of nitrogens with one attached hydrogen (secondary N) is 2. The molecule has 0 saturated heterocycles. The van der Waals surface area contributed by atoms with E-state index in [9.17, 15) is 5.11 Å². The van der Waals surface area contributed by atoms with Crippen molar-refractivity contribution in [3.8, 4) is 0 Å². The molecule has 3 nitrogen and oxygen atoms in total. The van der Waals surface area contributed by atoms with Crippen LogP contribution in [0, 0.1) is 5.41 Å². The van der Waals surface area contributed by atoms with E-state index in [4.69, 9.17) is 0 Å². The maximum atomic E-state index is 9.31. The molecule has 1 aliphatic carbocycles. The summed E-state index contributed by atoms with van der Waals surface area (Å²) in [6.07, 6.45) is 6.17. The Labute approximate surface area is 78.2 Å². The molecule has 1 heterocycles. The van der Waals surface area contributed by atoms with Crippen molar-refractivity contribution in [1.82, 2.24) is 10.3 Å². The Balaban J connectivity index is 2.19. The molecule has 1 aromatic rings. The van der Waals surface area contributed by atoms with Crippen LogP contribution in [-0.2, 0) is 0 Å². The SMILES string of the molecule is CNC(c1cc[nH]c1)C1(CO)CC1. The summed E-state index contributed by atoms with van der Waals surface area (Å²) in [6.45, 7) is 0.281. The molecule has 1 saturated carbocycles. The largest absolute Gasteiger partial charge is 0.396 e. The molecule has 0 bridgehead atoms. The van der Waals surface area contributed by atoms with Crippen molar-refractivity contribution in [2.24, 2.45) is 5.41 Å². The highest BCUT2D eigenvalue weighted by Crippen LogP contribution is 2.54. The molecule has 3 N–H and O–H groups in total. The van der Waals surface area contributed by atoms with Crippen molar-refractivity contribution in [3.63, 3.8) is 0 Å². The lowest BCUT2D eigenvalue weighted by Crippen LogP contribution is -2.28. The van der Waals surface area contributed by atoms with Gasteiger partial charge >= 0.3 is 0 Å².